The van der Waals surface area contributed by atoms with Gasteiger partial charge in [0.15, 0.2) is 11.6 Å². The van der Waals surface area contributed by atoms with Gasteiger partial charge in [-0.2, -0.15) is 0 Å². The molecule has 0 aromatic heterocycles. The molecule has 154 valence electrons. The molecule has 0 N–H and O–H groups in total. The second-order valence-electron chi connectivity index (χ2n) is 8.47. The van der Waals surface area contributed by atoms with Gasteiger partial charge in [-0.05, 0) is 62.6 Å². The lowest BCUT2D eigenvalue weighted by Gasteiger charge is -2.35. The standard InChI is InChI=1S/C22H30F2N2O2/c23-19-13-17-5-6-22(27)26(21(17)14-20(19)24)10-2-9-25-11-7-18(8-12-25)28-15-16-3-1-4-16/h13-14,16,18H,1-12,15H2. The van der Waals surface area contributed by atoms with Gasteiger partial charge in [-0.1, -0.05) is 6.42 Å². The van der Waals surface area contributed by atoms with Crippen molar-refractivity contribution in [3.05, 3.63) is 29.3 Å². The van der Waals surface area contributed by atoms with Crippen LogP contribution in [0.4, 0.5) is 14.5 Å². The third-order valence-electron chi connectivity index (χ3n) is 6.50. The van der Waals surface area contributed by atoms with Gasteiger partial charge < -0.3 is 14.5 Å². The molecule has 6 heteroatoms. The highest BCUT2D eigenvalue weighted by Crippen LogP contribution is 2.30. The summed E-state index contributed by atoms with van der Waals surface area (Å²) in [4.78, 5) is 16.4. The van der Waals surface area contributed by atoms with Gasteiger partial charge in [0.25, 0.3) is 0 Å². The fourth-order valence-corrected chi connectivity index (χ4v) is 4.47. The van der Waals surface area contributed by atoms with E-state index in [0.717, 1.165) is 57.0 Å². The SMILES string of the molecule is O=C1CCc2cc(F)c(F)cc2N1CCCN1CCC(OCC2CCC2)CC1. The number of carbonyl (C=O) groups excluding carboxylic acids is 1. The maximum absolute atomic E-state index is 13.7. The van der Waals surface area contributed by atoms with E-state index >= 15 is 0 Å². The van der Waals surface area contributed by atoms with Crippen LogP contribution >= 0.6 is 0 Å². The Morgan fingerprint density at radius 2 is 1.75 bits per heavy atom. The maximum Gasteiger partial charge on any atom is 0.227 e. The molecule has 4 nitrogen and oxygen atoms in total. The smallest absolute Gasteiger partial charge is 0.227 e. The molecule has 1 aliphatic carbocycles. The summed E-state index contributed by atoms with van der Waals surface area (Å²) in [5.74, 6) is -0.930. The molecule has 0 unspecified atom stereocenters. The van der Waals surface area contributed by atoms with Crippen LogP contribution in [0.1, 0.15) is 50.5 Å². The Balaban J connectivity index is 1.22. The van der Waals surface area contributed by atoms with Crippen LogP contribution in [0.2, 0.25) is 0 Å². The number of hydrogen-bond donors (Lipinski definition) is 0. The Labute approximate surface area is 165 Å². The van der Waals surface area contributed by atoms with Crippen molar-refractivity contribution in [2.45, 2.75) is 57.5 Å². The van der Waals surface area contributed by atoms with Crippen molar-refractivity contribution >= 4 is 11.6 Å². The molecule has 0 radical (unpaired) electrons. The van der Waals surface area contributed by atoms with Gasteiger partial charge in [0.1, 0.15) is 0 Å². The van der Waals surface area contributed by atoms with Crippen molar-refractivity contribution in [1.82, 2.24) is 4.90 Å². The van der Waals surface area contributed by atoms with Crippen molar-refractivity contribution in [2.75, 3.05) is 37.7 Å². The molecule has 1 saturated carbocycles. The Kier molecular flexibility index (Phi) is 6.26. The van der Waals surface area contributed by atoms with Crippen LogP contribution in [-0.2, 0) is 16.0 Å². The average Bonchev–Trinajstić information content (AvgIpc) is 2.65. The first-order chi connectivity index (χ1) is 13.6. The summed E-state index contributed by atoms with van der Waals surface area (Å²) >= 11 is 0. The van der Waals surface area contributed by atoms with E-state index < -0.39 is 11.6 Å². The molecule has 28 heavy (non-hydrogen) atoms. The molecule has 1 aromatic rings. The number of ether oxygens (including phenoxy) is 1. The van der Waals surface area contributed by atoms with Crippen LogP contribution in [-0.4, -0.2) is 49.7 Å². The molecule has 2 aliphatic heterocycles. The molecular formula is C22H30F2N2O2. The molecular weight excluding hydrogens is 362 g/mol. The molecule has 0 atom stereocenters. The normalized spacial score (nSPS) is 21.6. The number of halogens is 2. The molecule has 0 spiro atoms. The van der Waals surface area contributed by atoms with E-state index in [2.05, 4.69) is 4.90 Å². The summed E-state index contributed by atoms with van der Waals surface area (Å²) in [5, 5.41) is 0. The monoisotopic (exact) mass is 392 g/mol. The minimum absolute atomic E-state index is 0.00149. The Hall–Kier alpha value is -1.53. The molecule has 1 saturated heterocycles. The maximum atomic E-state index is 13.7. The Morgan fingerprint density at radius 3 is 2.46 bits per heavy atom. The topological polar surface area (TPSA) is 32.8 Å². The third-order valence-corrected chi connectivity index (χ3v) is 6.50. The Bertz CT molecular complexity index is 700. The second kappa shape index (κ2) is 8.87. The highest BCUT2D eigenvalue weighted by Gasteiger charge is 2.27. The van der Waals surface area contributed by atoms with E-state index in [4.69, 9.17) is 4.74 Å². The molecule has 3 aliphatic rings. The lowest BCUT2D eigenvalue weighted by atomic mass is 9.86. The lowest BCUT2D eigenvalue weighted by Crippen LogP contribution is -2.41. The minimum Gasteiger partial charge on any atom is -0.378 e. The number of hydrogen-bond acceptors (Lipinski definition) is 3. The summed E-state index contributed by atoms with van der Waals surface area (Å²) < 4.78 is 33.2. The van der Waals surface area contributed by atoms with E-state index in [1.54, 1.807) is 4.90 Å². The van der Waals surface area contributed by atoms with E-state index in [1.165, 1.54) is 31.4 Å². The number of likely N-dealkylation sites (tertiary alicyclic amines) is 1. The summed E-state index contributed by atoms with van der Waals surface area (Å²) in [7, 11) is 0. The first kappa shape index (κ1) is 19.8. The van der Waals surface area contributed by atoms with Crippen molar-refractivity contribution in [3.63, 3.8) is 0 Å². The van der Waals surface area contributed by atoms with Gasteiger partial charge in [0, 0.05) is 44.4 Å². The molecule has 4 rings (SSSR count). The van der Waals surface area contributed by atoms with Crippen LogP contribution in [0.25, 0.3) is 0 Å². The number of rotatable bonds is 7. The van der Waals surface area contributed by atoms with Crippen molar-refractivity contribution in [3.8, 4) is 0 Å². The fourth-order valence-electron chi connectivity index (χ4n) is 4.47. The number of fused-ring (bicyclic) bond motifs is 1. The van der Waals surface area contributed by atoms with Gasteiger partial charge in [-0.3, -0.25) is 4.79 Å². The average molecular weight is 392 g/mol. The van der Waals surface area contributed by atoms with Crippen LogP contribution in [0.15, 0.2) is 12.1 Å². The van der Waals surface area contributed by atoms with Gasteiger partial charge in [-0.25, -0.2) is 8.78 Å². The molecule has 1 aromatic carbocycles. The molecule has 1 amide bonds. The van der Waals surface area contributed by atoms with E-state index in [1.807, 2.05) is 0 Å². The summed E-state index contributed by atoms with van der Waals surface area (Å²) in [6, 6.07) is 2.41. The van der Waals surface area contributed by atoms with Gasteiger partial charge in [-0.15, -0.1) is 0 Å². The highest BCUT2D eigenvalue weighted by atomic mass is 19.2. The van der Waals surface area contributed by atoms with Gasteiger partial charge >= 0.3 is 0 Å². The van der Waals surface area contributed by atoms with Crippen LogP contribution in [0.5, 0.6) is 0 Å². The summed E-state index contributed by atoms with van der Waals surface area (Å²) in [6.45, 7) is 4.45. The molecule has 0 bridgehead atoms. The van der Waals surface area contributed by atoms with Crippen molar-refractivity contribution in [2.24, 2.45) is 5.92 Å². The first-order valence-corrected chi connectivity index (χ1v) is 10.7. The zero-order valence-corrected chi connectivity index (χ0v) is 16.5. The van der Waals surface area contributed by atoms with E-state index in [9.17, 15) is 13.6 Å². The predicted octanol–water partition coefficient (Wildman–Crippen LogP) is 3.92. The van der Waals surface area contributed by atoms with E-state index in [0.29, 0.717) is 31.2 Å². The summed E-state index contributed by atoms with van der Waals surface area (Å²) in [5.41, 5.74) is 1.26. The largest absolute Gasteiger partial charge is 0.378 e. The third kappa shape index (κ3) is 4.54. The Morgan fingerprint density at radius 1 is 1.00 bits per heavy atom. The van der Waals surface area contributed by atoms with Crippen LogP contribution in [0.3, 0.4) is 0 Å². The highest BCUT2D eigenvalue weighted by molar-refractivity contribution is 5.96. The number of nitrogens with zero attached hydrogens (tertiary/aromatic N) is 2. The first-order valence-electron chi connectivity index (χ1n) is 10.7. The minimum atomic E-state index is -0.887. The van der Waals surface area contributed by atoms with Gasteiger partial charge in [0.05, 0.1) is 6.10 Å². The quantitative estimate of drug-likeness (QED) is 0.705. The summed E-state index contributed by atoms with van der Waals surface area (Å²) in [6.07, 6.45) is 8.23. The zero-order chi connectivity index (χ0) is 19.5. The van der Waals surface area contributed by atoms with E-state index in [-0.39, 0.29) is 5.91 Å². The second-order valence-corrected chi connectivity index (χ2v) is 8.47. The van der Waals surface area contributed by atoms with Gasteiger partial charge in [0.2, 0.25) is 5.91 Å². The number of anilines is 1. The molecule has 2 fully saturated rings. The van der Waals surface area contributed by atoms with Crippen LogP contribution < -0.4 is 4.90 Å². The van der Waals surface area contributed by atoms with Crippen molar-refractivity contribution < 1.29 is 18.3 Å². The fraction of sp³-hybridized carbons (Fsp3) is 0.682. The van der Waals surface area contributed by atoms with Crippen LogP contribution in [0, 0.1) is 17.6 Å². The number of benzene rings is 1. The number of carbonyl (C=O) groups is 1. The number of piperidine rings is 1. The predicted molar refractivity (Wildman–Crippen MR) is 104 cm³/mol. The number of amides is 1. The zero-order valence-electron chi connectivity index (χ0n) is 16.5. The molecule has 2 heterocycles. The van der Waals surface area contributed by atoms with Crippen molar-refractivity contribution in [1.29, 1.82) is 0 Å². The lowest BCUT2D eigenvalue weighted by molar-refractivity contribution is -0.118. The number of aryl methyl sites for hydroxylation is 1.